The average molecular weight is 389 g/mol. The lowest BCUT2D eigenvalue weighted by Gasteiger charge is -2.26. The molecule has 2 aromatic carbocycles. The zero-order valence-corrected chi connectivity index (χ0v) is 15.8. The summed E-state index contributed by atoms with van der Waals surface area (Å²) in [4.78, 5) is 12.6. The fourth-order valence-electron chi connectivity index (χ4n) is 3.22. The summed E-state index contributed by atoms with van der Waals surface area (Å²) in [6.45, 7) is 3.27. The Morgan fingerprint density at radius 3 is 2.33 bits per heavy atom. The molecule has 1 saturated heterocycles. The predicted molar refractivity (Wildman–Crippen MR) is 103 cm³/mol. The number of nitrogens with zero attached hydrogens (tertiary/aromatic N) is 2. The molecular weight excluding hydrogens is 366 g/mol. The van der Waals surface area contributed by atoms with E-state index in [4.69, 9.17) is 0 Å². The van der Waals surface area contributed by atoms with Gasteiger partial charge >= 0.3 is 0 Å². The van der Waals surface area contributed by atoms with Gasteiger partial charge in [0.1, 0.15) is 0 Å². The number of rotatable bonds is 7. The lowest BCUT2D eigenvalue weighted by Crippen LogP contribution is -2.29. The number of hydrogen-bond acceptors (Lipinski definition) is 5. The molecule has 8 heteroatoms. The number of hydrogen-bond donors (Lipinski definition) is 1. The summed E-state index contributed by atoms with van der Waals surface area (Å²) < 4.78 is 27.4. The number of benzene rings is 2. The summed E-state index contributed by atoms with van der Waals surface area (Å²) in [5, 5.41) is 10.7. The molecule has 0 aromatic heterocycles. The van der Waals surface area contributed by atoms with Crippen LogP contribution in [0.3, 0.4) is 0 Å². The molecule has 2 aromatic rings. The van der Waals surface area contributed by atoms with Gasteiger partial charge in [-0.2, -0.15) is 0 Å². The van der Waals surface area contributed by atoms with Crippen LogP contribution < -0.4 is 4.72 Å². The van der Waals surface area contributed by atoms with Crippen molar-refractivity contribution >= 4 is 15.7 Å². The van der Waals surface area contributed by atoms with Crippen LogP contribution in [0.4, 0.5) is 5.69 Å². The molecule has 0 amide bonds. The van der Waals surface area contributed by atoms with Crippen LogP contribution >= 0.6 is 0 Å². The molecule has 1 fully saturated rings. The third-order valence-electron chi connectivity index (χ3n) is 4.67. The predicted octanol–water partition coefficient (Wildman–Crippen LogP) is 3.06. The Kier molecular flexibility index (Phi) is 6.20. The van der Waals surface area contributed by atoms with Crippen LogP contribution in [0.1, 0.15) is 30.4 Å². The van der Waals surface area contributed by atoms with Crippen molar-refractivity contribution in [3.8, 4) is 0 Å². The van der Waals surface area contributed by atoms with Gasteiger partial charge in [-0.15, -0.1) is 0 Å². The number of non-ortho nitro benzene ring substituents is 1. The first-order chi connectivity index (χ1) is 12.9. The monoisotopic (exact) mass is 389 g/mol. The molecule has 1 N–H and O–H groups in total. The molecule has 0 radical (unpaired) electrons. The van der Waals surface area contributed by atoms with Gasteiger partial charge in [-0.1, -0.05) is 30.7 Å². The van der Waals surface area contributed by atoms with Crippen molar-refractivity contribution in [2.45, 2.75) is 37.2 Å². The lowest BCUT2D eigenvalue weighted by atomic mass is 10.1. The van der Waals surface area contributed by atoms with Gasteiger partial charge < -0.3 is 0 Å². The van der Waals surface area contributed by atoms with E-state index in [9.17, 15) is 18.5 Å². The standard InChI is InChI=1S/C19H23N3O4S/c23-22(24)18-7-9-19(10-8-18)27(25,26)20-14-16-5-4-6-17(13-16)15-21-11-2-1-3-12-21/h4-10,13,20H,1-3,11-12,14-15H2. The van der Waals surface area contributed by atoms with Gasteiger partial charge in [-0.3, -0.25) is 15.0 Å². The number of nitrogens with one attached hydrogen (secondary N) is 1. The normalized spacial score (nSPS) is 15.6. The smallest absolute Gasteiger partial charge is 0.269 e. The van der Waals surface area contributed by atoms with Crippen LogP contribution in [-0.2, 0) is 23.1 Å². The van der Waals surface area contributed by atoms with Gasteiger partial charge in [0.2, 0.25) is 10.0 Å². The summed E-state index contributed by atoms with van der Waals surface area (Å²) in [6.07, 6.45) is 3.75. The Morgan fingerprint density at radius 1 is 1.00 bits per heavy atom. The molecule has 144 valence electrons. The van der Waals surface area contributed by atoms with E-state index in [1.54, 1.807) is 0 Å². The Morgan fingerprint density at radius 2 is 1.67 bits per heavy atom. The summed E-state index contributed by atoms with van der Waals surface area (Å²) in [6, 6.07) is 12.8. The van der Waals surface area contributed by atoms with Gasteiger partial charge in [-0.05, 0) is 49.2 Å². The van der Waals surface area contributed by atoms with E-state index < -0.39 is 14.9 Å². The third kappa shape index (κ3) is 5.35. The maximum absolute atomic E-state index is 12.4. The van der Waals surface area contributed by atoms with Gasteiger partial charge in [-0.25, -0.2) is 13.1 Å². The van der Waals surface area contributed by atoms with Crippen molar-refractivity contribution in [3.63, 3.8) is 0 Å². The summed E-state index contributed by atoms with van der Waals surface area (Å²) in [5.74, 6) is 0. The van der Waals surface area contributed by atoms with Crippen molar-refractivity contribution in [1.82, 2.24) is 9.62 Å². The second kappa shape index (κ2) is 8.60. The van der Waals surface area contributed by atoms with Crippen LogP contribution in [0.5, 0.6) is 0 Å². The van der Waals surface area contributed by atoms with Gasteiger partial charge in [0.15, 0.2) is 0 Å². The maximum Gasteiger partial charge on any atom is 0.269 e. The van der Waals surface area contributed by atoms with E-state index in [1.165, 1.54) is 49.1 Å². The minimum Gasteiger partial charge on any atom is -0.299 e. The molecule has 0 unspecified atom stereocenters. The zero-order chi connectivity index (χ0) is 19.3. The molecule has 0 aliphatic carbocycles. The van der Waals surface area contributed by atoms with Crippen molar-refractivity contribution < 1.29 is 13.3 Å². The number of nitro benzene ring substituents is 1. The number of piperidine rings is 1. The Balaban J connectivity index is 1.63. The molecule has 1 heterocycles. The third-order valence-corrected chi connectivity index (χ3v) is 6.09. The molecule has 1 aliphatic heterocycles. The highest BCUT2D eigenvalue weighted by atomic mass is 32.2. The van der Waals surface area contributed by atoms with E-state index in [0.717, 1.165) is 25.2 Å². The molecule has 0 bridgehead atoms. The lowest BCUT2D eigenvalue weighted by molar-refractivity contribution is -0.384. The highest BCUT2D eigenvalue weighted by Crippen LogP contribution is 2.17. The molecule has 1 aliphatic rings. The van der Waals surface area contributed by atoms with Gasteiger partial charge in [0, 0.05) is 25.2 Å². The quantitative estimate of drug-likeness (QED) is 0.580. The van der Waals surface area contributed by atoms with Crippen LogP contribution in [0.15, 0.2) is 53.4 Å². The molecular formula is C19H23N3O4S. The fourth-order valence-corrected chi connectivity index (χ4v) is 4.24. The van der Waals surface area contributed by atoms with E-state index in [1.807, 2.05) is 18.2 Å². The van der Waals surface area contributed by atoms with E-state index in [2.05, 4.69) is 15.7 Å². The average Bonchev–Trinajstić information content (AvgIpc) is 2.68. The van der Waals surface area contributed by atoms with Crippen molar-refractivity contribution in [2.75, 3.05) is 13.1 Å². The minimum atomic E-state index is -3.72. The SMILES string of the molecule is O=[N+]([O-])c1ccc(S(=O)(=O)NCc2cccc(CN3CCCCC3)c2)cc1. The summed E-state index contributed by atoms with van der Waals surface area (Å²) >= 11 is 0. The second-order valence-electron chi connectivity index (χ2n) is 6.73. The van der Waals surface area contributed by atoms with Gasteiger partial charge in [0.05, 0.1) is 9.82 Å². The fraction of sp³-hybridized carbons (Fsp3) is 0.368. The minimum absolute atomic E-state index is 0.0116. The molecule has 27 heavy (non-hydrogen) atoms. The Labute approximate surface area is 159 Å². The first-order valence-electron chi connectivity index (χ1n) is 8.98. The first-order valence-corrected chi connectivity index (χ1v) is 10.5. The van der Waals surface area contributed by atoms with Gasteiger partial charge in [0.25, 0.3) is 5.69 Å². The van der Waals surface area contributed by atoms with Crippen molar-refractivity contribution in [1.29, 1.82) is 0 Å². The number of nitro groups is 1. The molecule has 0 saturated carbocycles. The van der Waals surface area contributed by atoms with Crippen LogP contribution in [0.25, 0.3) is 0 Å². The summed E-state index contributed by atoms with van der Waals surface area (Å²) in [7, 11) is -3.72. The molecule has 3 rings (SSSR count). The molecule has 0 spiro atoms. The van der Waals surface area contributed by atoms with Crippen molar-refractivity contribution in [2.24, 2.45) is 0 Å². The number of likely N-dealkylation sites (tertiary alicyclic amines) is 1. The highest BCUT2D eigenvalue weighted by molar-refractivity contribution is 7.89. The number of sulfonamides is 1. The van der Waals surface area contributed by atoms with E-state index in [-0.39, 0.29) is 17.1 Å². The highest BCUT2D eigenvalue weighted by Gasteiger charge is 2.16. The molecule has 0 atom stereocenters. The van der Waals surface area contributed by atoms with E-state index >= 15 is 0 Å². The first kappa shape index (κ1) is 19.5. The molecule has 7 nitrogen and oxygen atoms in total. The topological polar surface area (TPSA) is 92.5 Å². The van der Waals surface area contributed by atoms with Crippen LogP contribution in [-0.4, -0.2) is 31.3 Å². The van der Waals surface area contributed by atoms with E-state index in [0.29, 0.717) is 0 Å². The summed E-state index contributed by atoms with van der Waals surface area (Å²) in [5.41, 5.74) is 1.92. The maximum atomic E-state index is 12.4. The Hall–Kier alpha value is -2.29. The van der Waals surface area contributed by atoms with Crippen LogP contribution in [0.2, 0.25) is 0 Å². The largest absolute Gasteiger partial charge is 0.299 e. The second-order valence-corrected chi connectivity index (χ2v) is 8.50. The van der Waals surface area contributed by atoms with Crippen molar-refractivity contribution in [3.05, 3.63) is 69.8 Å². The Bertz CT molecular complexity index is 891. The van der Waals surface area contributed by atoms with Crippen LogP contribution in [0, 0.1) is 10.1 Å². The zero-order valence-electron chi connectivity index (χ0n) is 15.0.